The zero-order chi connectivity index (χ0) is 12.3. The van der Waals surface area contributed by atoms with Crippen LogP contribution in [0.5, 0.6) is 0 Å². The molecule has 1 N–H and O–H groups in total. The summed E-state index contributed by atoms with van der Waals surface area (Å²) in [5.74, 6) is -0.636. The highest BCUT2D eigenvalue weighted by Gasteiger charge is 2.33. The topological polar surface area (TPSA) is 46.2 Å². The molecule has 0 spiro atoms. The van der Waals surface area contributed by atoms with Crippen LogP contribution in [-0.2, 0) is 6.18 Å². The average Bonchev–Trinajstić information content (AvgIpc) is 2.26. The lowest BCUT2D eigenvalue weighted by molar-refractivity contribution is -0.137. The van der Waals surface area contributed by atoms with Crippen molar-refractivity contribution < 1.29 is 22.8 Å². The summed E-state index contributed by atoms with van der Waals surface area (Å²) >= 11 is 0. The monoisotopic (exact) mass is 231 g/mol. The second-order valence-electron chi connectivity index (χ2n) is 3.00. The van der Waals surface area contributed by atoms with Gasteiger partial charge >= 0.3 is 6.18 Å². The van der Waals surface area contributed by atoms with Gasteiger partial charge in [-0.15, -0.1) is 0 Å². The maximum Gasteiger partial charge on any atom is 0.417 e. The van der Waals surface area contributed by atoms with E-state index in [1.54, 1.807) is 0 Å². The van der Waals surface area contributed by atoms with Gasteiger partial charge in [0.05, 0.1) is 5.56 Å². The third-order valence-electron chi connectivity index (χ3n) is 1.97. The van der Waals surface area contributed by atoms with E-state index in [1.807, 2.05) is 0 Å². The predicted octanol–water partition coefficient (Wildman–Crippen LogP) is 1.88. The minimum Gasteiger partial charge on any atom is -0.355 e. The maximum atomic E-state index is 12.5. The van der Waals surface area contributed by atoms with Gasteiger partial charge in [0.15, 0.2) is 6.29 Å². The molecule has 0 aliphatic heterocycles. The third kappa shape index (κ3) is 2.39. The van der Waals surface area contributed by atoms with Gasteiger partial charge in [0.2, 0.25) is 0 Å². The Kier molecular flexibility index (Phi) is 3.31. The first-order valence-corrected chi connectivity index (χ1v) is 4.28. The van der Waals surface area contributed by atoms with Gasteiger partial charge in [0.25, 0.3) is 5.91 Å². The normalized spacial score (nSPS) is 11.0. The molecule has 1 rings (SSSR count). The van der Waals surface area contributed by atoms with E-state index in [2.05, 4.69) is 5.32 Å². The van der Waals surface area contributed by atoms with Crippen molar-refractivity contribution >= 4 is 12.2 Å². The Hall–Kier alpha value is -1.85. The highest BCUT2D eigenvalue weighted by atomic mass is 19.4. The van der Waals surface area contributed by atoms with Crippen LogP contribution in [0, 0.1) is 0 Å². The Morgan fingerprint density at radius 2 is 2.00 bits per heavy atom. The second-order valence-corrected chi connectivity index (χ2v) is 3.00. The summed E-state index contributed by atoms with van der Waals surface area (Å²) < 4.78 is 37.5. The summed E-state index contributed by atoms with van der Waals surface area (Å²) in [5, 5.41) is 2.20. The molecule has 1 aromatic rings. The van der Waals surface area contributed by atoms with Crippen LogP contribution in [-0.4, -0.2) is 19.2 Å². The molecule has 0 saturated carbocycles. The van der Waals surface area contributed by atoms with Crippen LogP contribution in [0.25, 0.3) is 0 Å². The smallest absolute Gasteiger partial charge is 0.355 e. The van der Waals surface area contributed by atoms with Crippen LogP contribution in [0.2, 0.25) is 0 Å². The van der Waals surface area contributed by atoms with Gasteiger partial charge in [-0.2, -0.15) is 13.2 Å². The van der Waals surface area contributed by atoms with E-state index in [-0.39, 0.29) is 11.8 Å². The largest absolute Gasteiger partial charge is 0.417 e. The van der Waals surface area contributed by atoms with Gasteiger partial charge in [0.1, 0.15) is 0 Å². The highest BCUT2D eigenvalue weighted by Crippen LogP contribution is 2.32. The number of hydrogen-bond acceptors (Lipinski definition) is 2. The number of aldehydes is 1. The first-order valence-electron chi connectivity index (χ1n) is 4.28. The molecule has 0 atom stereocenters. The Morgan fingerprint density at radius 3 is 2.44 bits per heavy atom. The van der Waals surface area contributed by atoms with Crippen molar-refractivity contribution in [1.29, 1.82) is 0 Å². The number of carbonyl (C=O) groups excluding carboxylic acids is 2. The van der Waals surface area contributed by atoms with E-state index in [0.717, 1.165) is 12.1 Å². The molecule has 0 saturated heterocycles. The first-order chi connectivity index (χ1) is 7.40. The van der Waals surface area contributed by atoms with Crippen molar-refractivity contribution in [1.82, 2.24) is 5.32 Å². The molecule has 0 radical (unpaired) electrons. The highest BCUT2D eigenvalue weighted by molar-refractivity contribution is 5.95. The number of halogens is 3. The lowest BCUT2D eigenvalue weighted by atomic mass is 10.0. The van der Waals surface area contributed by atoms with Gasteiger partial charge < -0.3 is 5.32 Å². The van der Waals surface area contributed by atoms with Crippen molar-refractivity contribution in [3.05, 3.63) is 34.9 Å². The van der Waals surface area contributed by atoms with Crippen molar-refractivity contribution in [2.24, 2.45) is 0 Å². The lowest BCUT2D eigenvalue weighted by Gasteiger charge is -2.10. The third-order valence-corrected chi connectivity index (χ3v) is 1.97. The Bertz CT molecular complexity index is 427. The molecule has 0 heterocycles. The Balaban J connectivity index is 3.33. The van der Waals surface area contributed by atoms with Gasteiger partial charge in [-0.25, -0.2) is 0 Å². The van der Waals surface area contributed by atoms with Crippen molar-refractivity contribution in [3.63, 3.8) is 0 Å². The molecular weight excluding hydrogens is 223 g/mol. The Morgan fingerprint density at radius 1 is 1.38 bits per heavy atom. The molecule has 3 nitrogen and oxygen atoms in total. The summed E-state index contributed by atoms with van der Waals surface area (Å²) in [6.07, 6.45) is -4.54. The second kappa shape index (κ2) is 4.34. The number of benzene rings is 1. The molecule has 0 aliphatic carbocycles. The average molecular weight is 231 g/mol. The van der Waals surface area contributed by atoms with E-state index >= 15 is 0 Å². The molecule has 86 valence electrons. The number of amides is 1. The fraction of sp³-hybridized carbons (Fsp3) is 0.200. The van der Waals surface area contributed by atoms with Gasteiger partial charge in [-0.05, 0) is 12.1 Å². The fourth-order valence-electron chi connectivity index (χ4n) is 1.19. The molecule has 0 fully saturated rings. The molecule has 1 aromatic carbocycles. The van der Waals surface area contributed by atoms with E-state index in [9.17, 15) is 22.8 Å². The van der Waals surface area contributed by atoms with Gasteiger partial charge in [0, 0.05) is 18.2 Å². The summed E-state index contributed by atoms with van der Waals surface area (Å²) in [7, 11) is 1.31. The zero-order valence-corrected chi connectivity index (χ0v) is 8.26. The maximum absolute atomic E-state index is 12.5. The van der Waals surface area contributed by atoms with Crippen molar-refractivity contribution in [2.75, 3.05) is 7.05 Å². The van der Waals surface area contributed by atoms with Crippen LogP contribution in [0.15, 0.2) is 18.2 Å². The first kappa shape index (κ1) is 12.2. The van der Waals surface area contributed by atoms with Gasteiger partial charge in [-0.3, -0.25) is 9.59 Å². The summed E-state index contributed by atoms with van der Waals surface area (Å²) in [4.78, 5) is 21.5. The number of carbonyl (C=O) groups is 2. The minimum absolute atomic E-state index is 0.108. The van der Waals surface area contributed by atoms with Crippen LogP contribution < -0.4 is 5.32 Å². The SMILES string of the molecule is CNC(=O)c1ccc(C=O)c(C(F)(F)F)c1. The van der Waals surface area contributed by atoms with E-state index in [0.29, 0.717) is 6.07 Å². The molecule has 0 aromatic heterocycles. The lowest BCUT2D eigenvalue weighted by Crippen LogP contribution is -2.19. The van der Waals surface area contributed by atoms with Crippen LogP contribution >= 0.6 is 0 Å². The number of nitrogens with one attached hydrogen (secondary N) is 1. The van der Waals surface area contributed by atoms with Crippen LogP contribution in [0.4, 0.5) is 13.2 Å². The summed E-state index contributed by atoms with van der Waals surface area (Å²) in [5.41, 5.74) is -1.73. The molecule has 16 heavy (non-hydrogen) atoms. The number of alkyl halides is 3. The molecule has 0 bridgehead atoms. The summed E-state index contributed by atoms with van der Waals surface area (Å²) in [6.45, 7) is 0. The van der Waals surface area contributed by atoms with Crippen molar-refractivity contribution in [2.45, 2.75) is 6.18 Å². The van der Waals surface area contributed by atoms with Crippen LogP contribution in [0.3, 0.4) is 0 Å². The van der Waals surface area contributed by atoms with Crippen molar-refractivity contribution in [3.8, 4) is 0 Å². The zero-order valence-electron chi connectivity index (χ0n) is 8.26. The fourth-order valence-corrected chi connectivity index (χ4v) is 1.19. The van der Waals surface area contributed by atoms with E-state index in [4.69, 9.17) is 0 Å². The standard InChI is InChI=1S/C10H8F3NO2/c1-14-9(16)6-2-3-7(5-15)8(4-6)10(11,12)13/h2-5H,1H3,(H,14,16). The molecular formula is C10H8F3NO2. The summed E-state index contributed by atoms with van der Waals surface area (Å²) in [6, 6.07) is 2.79. The minimum atomic E-state index is -4.65. The molecule has 0 unspecified atom stereocenters. The van der Waals surface area contributed by atoms with Crippen LogP contribution in [0.1, 0.15) is 26.3 Å². The van der Waals surface area contributed by atoms with Gasteiger partial charge in [-0.1, -0.05) is 6.07 Å². The van der Waals surface area contributed by atoms with E-state index < -0.39 is 23.2 Å². The number of hydrogen-bond donors (Lipinski definition) is 1. The predicted molar refractivity (Wildman–Crippen MR) is 50.2 cm³/mol. The quantitative estimate of drug-likeness (QED) is 0.790. The molecule has 0 aliphatic rings. The van der Waals surface area contributed by atoms with E-state index in [1.165, 1.54) is 7.05 Å². The number of rotatable bonds is 2. The molecule has 1 amide bonds. The Labute approximate surface area is 89.3 Å². The molecule has 6 heteroatoms.